The maximum atomic E-state index is 6.97. The molecule has 0 saturated heterocycles. The van der Waals surface area contributed by atoms with Crippen molar-refractivity contribution in [2.75, 3.05) is 59.5 Å². The lowest BCUT2D eigenvalue weighted by Crippen LogP contribution is -2.07. The molecule has 0 spiro atoms. The van der Waals surface area contributed by atoms with Crippen molar-refractivity contribution >= 4 is 0 Å². The summed E-state index contributed by atoms with van der Waals surface area (Å²) in [4.78, 5) is 15.5. The number of nitrogens with zero attached hydrogens (tertiary/aromatic N) is 3. The molecule has 0 N–H and O–H groups in total. The molecule has 0 bridgehead atoms. The first kappa shape index (κ1) is 133. The Morgan fingerprint density at radius 3 is 0.347 bits per heavy atom. The van der Waals surface area contributed by atoms with Crippen LogP contribution in [0.5, 0.6) is 51.7 Å². The van der Waals surface area contributed by atoms with Gasteiger partial charge in [-0.15, -0.1) is 0 Å². The Kier molecular flexibility index (Phi) is 92.7. The Bertz CT molecular complexity index is 3260. The molecule has 0 atom stereocenters. The lowest BCUT2D eigenvalue weighted by molar-refractivity contribution is 0.234. The SMILES string of the molecule is CCCCCCCCCCCCOc1cc(C#Cc2nc(C#Cc3cc(OCCCCCCCCCCCC)c(OCCCCCCCCCCCC)c(OCCCCCCCCCCCC)c3)nc(C#Cc3cc(OCCCCCCCCCCCC)c(OCCCCCCCCCCCC)c(OCCCCCCCCCCCC)c3)n2)cc(OCCCCCCCCCCCC)c1OCCCCCCCCCCCC. The van der Waals surface area contributed by atoms with E-state index in [9.17, 15) is 0 Å². The molecule has 0 fully saturated rings. The minimum atomic E-state index is 0.244. The fourth-order valence-electron chi connectivity index (χ4n) is 19.9. The highest BCUT2D eigenvalue weighted by molar-refractivity contribution is 5.61. The second kappa shape index (κ2) is 103. The van der Waals surface area contributed by atoms with Crippen LogP contribution in [0.4, 0.5) is 0 Å². The summed E-state index contributed by atoms with van der Waals surface area (Å²) in [7, 11) is 0. The van der Waals surface area contributed by atoms with Gasteiger partial charge in [0.15, 0.2) is 34.5 Å². The van der Waals surface area contributed by atoms with Gasteiger partial charge in [-0.1, -0.05) is 600 Å². The van der Waals surface area contributed by atoms with Gasteiger partial charge in [0, 0.05) is 16.7 Å². The van der Waals surface area contributed by atoms with E-state index in [0.29, 0.717) is 111 Å². The summed E-state index contributed by atoms with van der Waals surface area (Å²) in [5, 5.41) is 0. The quantitative estimate of drug-likeness (QED) is 0.0309. The zero-order valence-corrected chi connectivity index (χ0v) is 98.0. The molecule has 840 valence electrons. The van der Waals surface area contributed by atoms with E-state index < -0.39 is 0 Å². The molecule has 1 heterocycles. The molecular weight excluding hydrogens is 1810 g/mol. The summed E-state index contributed by atoms with van der Waals surface area (Å²) < 4.78 is 62.7. The minimum Gasteiger partial charge on any atom is -0.490 e. The maximum absolute atomic E-state index is 6.97. The molecule has 0 aliphatic carbocycles. The second-order valence-electron chi connectivity index (χ2n) is 43.7. The zero-order valence-electron chi connectivity index (χ0n) is 98.0. The molecule has 4 aromatic rings. The largest absolute Gasteiger partial charge is 0.490 e. The number of unbranched alkanes of at least 4 members (excludes halogenated alkanes) is 81. The van der Waals surface area contributed by atoms with Crippen molar-refractivity contribution in [1.82, 2.24) is 15.0 Å². The summed E-state index contributed by atoms with van der Waals surface area (Å²) in [5.74, 6) is 27.9. The standard InChI is InChI=1S/C135H231N3O9/c1-10-19-28-37-46-55-64-73-82-91-106-139-124-115-121(116-125(140-107-92-83-74-65-56-47-38-29-20-11-2)133(124)145-112-97-88-79-70-61-52-43-34-25-16-7)100-103-130-136-131(104-101-122-117-126(141-108-93-84-75-66-57-48-39-30-21-12-3)134(146-113-98-89-80-71-62-53-44-35-26-17-8)127(118-122)142-109-94-85-76-67-58-49-40-31-22-13-4)138-132(137-130)105-102-123-119-128(143-110-95-86-77-68-59-50-41-32-23-14-5)135(147-114-99-90-81-72-63-54-45-36-27-18-9)129(120-123)144-111-96-87-78-69-60-51-42-33-24-15-6/h115-120H,10-99,106-114H2,1-9H3. The smallest absolute Gasteiger partial charge is 0.210 e. The third-order valence-corrected chi connectivity index (χ3v) is 29.4. The van der Waals surface area contributed by atoms with E-state index in [-0.39, 0.29) is 17.5 Å². The van der Waals surface area contributed by atoms with Crippen molar-refractivity contribution in [3.05, 3.63) is 70.6 Å². The van der Waals surface area contributed by atoms with Crippen LogP contribution < -0.4 is 42.6 Å². The molecule has 0 amide bonds. The van der Waals surface area contributed by atoms with E-state index in [0.717, 1.165) is 132 Å². The molecule has 3 aromatic carbocycles. The summed E-state index contributed by atoms with van der Waals surface area (Å²) in [6.07, 6.45) is 113. The zero-order chi connectivity index (χ0) is 105. The van der Waals surface area contributed by atoms with Gasteiger partial charge >= 0.3 is 0 Å². The van der Waals surface area contributed by atoms with Crippen molar-refractivity contribution in [3.8, 4) is 87.3 Å². The Labute approximate surface area is 909 Å². The lowest BCUT2D eigenvalue weighted by Gasteiger charge is -2.18. The molecule has 0 radical (unpaired) electrons. The molecule has 0 saturated carbocycles. The van der Waals surface area contributed by atoms with Crippen molar-refractivity contribution in [2.24, 2.45) is 0 Å². The number of aromatic nitrogens is 3. The van der Waals surface area contributed by atoms with Crippen LogP contribution in [-0.2, 0) is 0 Å². The van der Waals surface area contributed by atoms with E-state index >= 15 is 0 Å². The molecule has 0 unspecified atom stereocenters. The lowest BCUT2D eigenvalue weighted by atomic mass is 10.1. The number of rotatable bonds is 108. The summed E-state index contributed by atoms with van der Waals surface area (Å²) >= 11 is 0. The van der Waals surface area contributed by atoms with Gasteiger partial charge < -0.3 is 42.6 Å². The highest BCUT2D eigenvalue weighted by Gasteiger charge is 2.22. The Morgan fingerprint density at radius 1 is 0.129 bits per heavy atom. The third-order valence-electron chi connectivity index (χ3n) is 29.4. The van der Waals surface area contributed by atoms with Crippen LogP contribution in [0, 0.1) is 35.5 Å². The molecule has 0 aliphatic heterocycles. The van der Waals surface area contributed by atoms with Gasteiger partial charge in [-0.2, -0.15) is 15.0 Å². The van der Waals surface area contributed by atoms with Crippen molar-refractivity contribution in [1.29, 1.82) is 0 Å². The van der Waals surface area contributed by atoms with Crippen LogP contribution in [-0.4, -0.2) is 74.4 Å². The molecule has 0 aliphatic rings. The normalized spacial score (nSPS) is 11.2. The van der Waals surface area contributed by atoms with Gasteiger partial charge in [0.1, 0.15) is 0 Å². The van der Waals surface area contributed by atoms with Crippen molar-refractivity contribution in [2.45, 2.75) is 640 Å². The van der Waals surface area contributed by atoms with Crippen LogP contribution in [0.1, 0.15) is 674 Å². The first-order chi connectivity index (χ1) is 72.8. The van der Waals surface area contributed by atoms with Crippen molar-refractivity contribution < 1.29 is 42.6 Å². The molecule has 147 heavy (non-hydrogen) atoms. The topological polar surface area (TPSA) is 122 Å². The average molecular weight is 2040 g/mol. The number of hydrogen-bond acceptors (Lipinski definition) is 12. The molecule has 1 aromatic heterocycles. The fourth-order valence-corrected chi connectivity index (χ4v) is 19.9. The number of benzene rings is 3. The van der Waals surface area contributed by atoms with E-state index in [4.69, 9.17) is 57.6 Å². The van der Waals surface area contributed by atoms with Gasteiger partial charge in [0.05, 0.1) is 59.5 Å². The van der Waals surface area contributed by atoms with E-state index in [1.54, 1.807) is 0 Å². The fraction of sp³-hybridized carbons (Fsp3) is 0.800. The predicted octanol–water partition coefficient (Wildman–Crippen LogP) is 42.8. The molecular formula is C135H231N3O9. The molecule has 12 nitrogen and oxygen atoms in total. The second-order valence-corrected chi connectivity index (χ2v) is 43.7. The molecule has 4 rings (SSSR count). The highest BCUT2D eigenvalue weighted by atomic mass is 16.6. The van der Waals surface area contributed by atoms with Gasteiger partial charge in [0.2, 0.25) is 34.7 Å². The Morgan fingerprint density at radius 2 is 0.231 bits per heavy atom. The highest BCUT2D eigenvalue weighted by Crippen LogP contribution is 2.43. The predicted molar refractivity (Wildman–Crippen MR) is 633 cm³/mol. The van der Waals surface area contributed by atoms with Crippen LogP contribution in [0.3, 0.4) is 0 Å². The van der Waals surface area contributed by atoms with Gasteiger partial charge in [0.25, 0.3) is 0 Å². The van der Waals surface area contributed by atoms with E-state index in [2.05, 4.69) is 134 Å². The monoisotopic (exact) mass is 2040 g/mol. The van der Waals surface area contributed by atoms with Crippen molar-refractivity contribution in [3.63, 3.8) is 0 Å². The Hall–Kier alpha value is -6.45. The Balaban J connectivity index is 2.05. The summed E-state index contributed by atoms with van der Waals surface area (Å²) in [5.41, 5.74) is 2.15. The minimum absolute atomic E-state index is 0.244. The number of ether oxygens (including phenoxy) is 9. The summed E-state index contributed by atoms with van der Waals surface area (Å²) in [6, 6.07) is 12.3. The van der Waals surface area contributed by atoms with E-state index in [1.165, 1.54) is 462 Å². The van der Waals surface area contributed by atoms with Gasteiger partial charge in [-0.25, -0.2) is 0 Å². The van der Waals surface area contributed by atoms with Crippen LogP contribution >= 0.6 is 0 Å². The maximum Gasteiger partial charge on any atom is 0.210 e. The van der Waals surface area contributed by atoms with Gasteiger partial charge in [-0.05, 0) is 112 Å². The van der Waals surface area contributed by atoms with Crippen LogP contribution in [0.25, 0.3) is 0 Å². The van der Waals surface area contributed by atoms with E-state index in [1.807, 2.05) is 0 Å². The number of hydrogen-bond donors (Lipinski definition) is 0. The first-order valence-corrected chi connectivity index (χ1v) is 64.4. The van der Waals surface area contributed by atoms with Crippen LogP contribution in [0.2, 0.25) is 0 Å². The third kappa shape index (κ3) is 76.7. The first-order valence-electron chi connectivity index (χ1n) is 64.4. The summed E-state index contributed by atoms with van der Waals surface area (Å²) in [6.45, 7) is 25.9. The molecule has 12 heteroatoms. The van der Waals surface area contributed by atoms with Crippen LogP contribution in [0.15, 0.2) is 36.4 Å². The van der Waals surface area contributed by atoms with Gasteiger partial charge in [-0.3, -0.25) is 0 Å². The average Bonchev–Trinajstić information content (AvgIpc) is 0.823.